The Morgan fingerprint density at radius 3 is 2.89 bits per heavy atom. The average Bonchev–Trinajstić information content (AvgIpc) is 2.93. The predicted molar refractivity (Wildman–Crippen MR) is 73.9 cm³/mol. The maximum absolute atomic E-state index is 11.9. The lowest BCUT2D eigenvalue weighted by molar-refractivity contribution is 0.0598. The lowest BCUT2D eigenvalue weighted by Crippen LogP contribution is -2.15. The van der Waals surface area contributed by atoms with Gasteiger partial charge in [-0.25, -0.2) is 14.5 Å². The first kappa shape index (κ1) is 13.7. The summed E-state index contributed by atoms with van der Waals surface area (Å²) in [5.74, 6) is -0.346. The second-order valence-electron chi connectivity index (χ2n) is 4.02. The zero-order chi connectivity index (χ0) is 13.8. The fourth-order valence-electron chi connectivity index (χ4n) is 2.03. The first-order valence-electron chi connectivity index (χ1n) is 5.89. The van der Waals surface area contributed by atoms with Crippen LogP contribution in [0.15, 0.2) is 35.3 Å². The summed E-state index contributed by atoms with van der Waals surface area (Å²) < 4.78 is 7.48. The van der Waals surface area contributed by atoms with Gasteiger partial charge in [-0.3, -0.25) is 0 Å². The Morgan fingerprint density at radius 1 is 1.53 bits per heavy atom. The van der Waals surface area contributed by atoms with Crippen LogP contribution in [-0.2, 0) is 4.74 Å². The molecule has 0 aliphatic carbocycles. The van der Waals surface area contributed by atoms with Gasteiger partial charge in [-0.2, -0.15) is 5.10 Å². The molecule has 0 amide bonds. The Hall–Kier alpha value is -1.69. The van der Waals surface area contributed by atoms with Gasteiger partial charge >= 0.3 is 5.97 Å². The normalized spacial score (nSPS) is 12.2. The topological polar surface area (TPSA) is 57.0 Å². The fourth-order valence-corrected chi connectivity index (χ4v) is 2.41. The third-order valence-electron chi connectivity index (χ3n) is 2.92. The highest BCUT2D eigenvalue weighted by Crippen LogP contribution is 2.27. The molecule has 0 spiro atoms. The van der Waals surface area contributed by atoms with E-state index in [-0.39, 0.29) is 12.0 Å². The third kappa shape index (κ3) is 2.84. The Morgan fingerprint density at radius 2 is 2.32 bits per heavy atom. The van der Waals surface area contributed by atoms with Crippen LogP contribution in [0, 0.1) is 0 Å². The van der Waals surface area contributed by atoms with Crippen LogP contribution in [0.1, 0.15) is 35.3 Å². The van der Waals surface area contributed by atoms with Gasteiger partial charge in [0.25, 0.3) is 0 Å². The molecule has 1 atom stereocenters. The maximum atomic E-state index is 11.9. The van der Waals surface area contributed by atoms with Crippen LogP contribution in [0.2, 0.25) is 0 Å². The molecule has 0 aliphatic heterocycles. The summed E-state index contributed by atoms with van der Waals surface area (Å²) in [6.07, 6.45) is 3.93. The monoisotopic (exact) mass is 323 g/mol. The summed E-state index contributed by atoms with van der Waals surface area (Å²) in [7, 11) is 1.38. The number of benzene rings is 1. The molecule has 0 radical (unpaired) electrons. The molecular formula is C13H14BrN3O2. The first-order chi connectivity index (χ1) is 9.17. The van der Waals surface area contributed by atoms with Gasteiger partial charge in [-0.1, -0.05) is 22.9 Å². The van der Waals surface area contributed by atoms with Crippen LogP contribution in [0.5, 0.6) is 0 Å². The Balaban J connectivity index is 2.52. The number of methoxy groups -OCH3 is 1. The molecule has 100 valence electrons. The standard InChI is InChI=1S/C13H14BrN3O2/c1-3-12(17-8-15-7-16-17)11-6-9(14)4-5-10(11)13(18)19-2/h4-8,12H,3H2,1-2H3. The van der Waals surface area contributed by atoms with Crippen LogP contribution in [0.25, 0.3) is 0 Å². The van der Waals surface area contributed by atoms with E-state index in [0.717, 1.165) is 16.5 Å². The van der Waals surface area contributed by atoms with Gasteiger partial charge in [-0.15, -0.1) is 0 Å². The quantitative estimate of drug-likeness (QED) is 0.812. The smallest absolute Gasteiger partial charge is 0.338 e. The molecule has 0 saturated carbocycles. The van der Waals surface area contributed by atoms with Gasteiger partial charge in [0.15, 0.2) is 0 Å². The number of rotatable bonds is 4. The summed E-state index contributed by atoms with van der Waals surface area (Å²) in [4.78, 5) is 15.8. The summed E-state index contributed by atoms with van der Waals surface area (Å²) in [5, 5.41) is 4.16. The van der Waals surface area contributed by atoms with Crippen molar-refractivity contribution in [3.05, 3.63) is 46.5 Å². The molecule has 19 heavy (non-hydrogen) atoms. The van der Waals surface area contributed by atoms with Crippen molar-refractivity contribution in [2.75, 3.05) is 7.11 Å². The van der Waals surface area contributed by atoms with Gasteiger partial charge in [0, 0.05) is 4.47 Å². The van der Waals surface area contributed by atoms with Crippen LogP contribution >= 0.6 is 15.9 Å². The molecule has 6 heteroatoms. The molecule has 0 saturated heterocycles. The van der Waals surface area contributed by atoms with Gasteiger partial charge < -0.3 is 4.74 Å². The van der Waals surface area contributed by atoms with E-state index in [0.29, 0.717) is 5.56 Å². The van der Waals surface area contributed by atoms with Gasteiger partial charge in [0.2, 0.25) is 0 Å². The molecule has 0 aliphatic rings. The minimum absolute atomic E-state index is 0.0471. The largest absolute Gasteiger partial charge is 0.465 e. The van der Waals surface area contributed by atoms with E-state index in [9.17, 15) is 4.79 Å². The highest BCUT2D eigenvalue weighted by atomic mass is 79.9. The van der Waals surface area contributed by atoms with Crippen molar-refractivity contribution in [3.8, 4) is 0 Å². The van der Waals surface area contributed by atoms with Crippen molar-refractivity contribution >= 4 is 21.9 Å². The van der Waals surface area contributed by atoms with Crippen molar-refractivity contribution < 1.29 is 9.53 Å². The van der Waals surface area contributed by atoms with Crippen LogP contribution in [-0.4, -0.2) is 27.8 Å². The number of hydrogen-bond acceptors (Lipinski definition) is 4. The van der Waals surface area contributed by atoms with Crippen molar-refractivity contribution in [1.82, 2.24) is 14.8 Å². The van der Waals surface area contributed by atoms with Gasteiger partial charge in [0.05, 0.1) is 18.7 Å². The summed E-state index contributed by atoms with van der Waals surface area (Å²) in [5.41, 5.74) is 1.42. The van der Waals surface area contributed by atoms with Crippen molar-refractivity contribution in [2.45, 2.75) is 19.4 Å². The lowest BCUT2D eigenvalue weighted by Gasteiger charge is -2.18. The number of hydrogen-bond donors (Lipinski definition) is 0. The van der Waals surface area contributed by atoms with Gasteiger partial charge in [0.1, 0.15) is 12.7 Å². The minimum Gasteiger partial charge on any atom is -0.465 e. The number of ether oxygens (including phenoxy) is 1. The molecule has 1 aromatic heterocycles. The van der Waals surface area contributed by atoms with Crippen LogP contribution in [0.4, 0.5) is 0 Å². The molecule has 1 unspecified atom stereocenters. The number of esters is 1. The maximum Gasteiger partial charge on any atom is 0.338 e. The van der Waals surface area contributed by atoms with Gasteiger partial charge in [-0.05, 0) is 30.2 Å². The molecule has 5 nitrogen and oxygen atoms in total. The van der Waals surface area contributed by atoms with E-state index in [1.165, 1.54) is 13.4 Å². The van der Waals surface area contributed by atoms with Crippen LogP contribution in [0.3, 0.4) is 0 Å². The number of carbonyl (C=O) groups is 1. The highest BCUT2D eigenvalue weighted by Gasteiger charge is 2.20. The SMILES string of the molecule is CCC(c1cc(Br)ccc1C(=O)OC)n1cncn1. The van der Waals surface area contributed by atoms with E-state index >= 15 is 0 Å². The second-order valence-corrected chi connectivity index (χ2v) is 4.94. The molecule has 0 fully saturated rings. The zero-order valence-electron chi connectivity index (χ0n) is 10.7. The Bertz CT molecular complexity index is 569. The molecule has 0 N–H and O–H groups in total. The van der Waals surface area contributed by atoms with E-state index in [1.54, 1.807) is 17.1 Å². The van der Waals surface area contributed by atoms with E-state index in [1.807, 2.05) is 19.1 Å². The first-order valence-corrected chi connectivity index (χ1v) is 6.68. The molecule has 1 heterocycles. The molecule has 2 rings (SSSR count). The van der Waals surface area contributed by atoms with Crippen molar-refractivity contribution in [2.24, 2.45) is 0 Å². The summed E-state index contributed by atoms with van der Waals surface area (Å²) in [6.45, 7) is 2.04. The third-order valence-corrected chi connectivity index (χ3v) is 3.41. The Labute approximate surface area is 119 Å². The van der Waals surface area contributed by atoms with E-state index < -0.39 is 0 Å². The molecule has 1 aromatic carbocycles. The molecule has 0 bridgehead atoms. The molecular weight excluding hydrogens is 310 g/mol. The zero-order valence-corrected chi connectivity index (χ0v) is 12.3. The molecule has 2 aromatic rings. The van der Waals surface area contributed by atoms with Crippen molar-refractivity contribution in [3.63, 3.8) is 0 Å². The number of aromatic nitrogens is 3. The lowest BCUT2D eigenvalue weighted by atomic mass is 9.98. The van der Waals surface area contributed by atoms with Crippen LogP contribution < -0.4 is 0 Å². The predicted octanol–water partition coefficient (Wildman–Crippen LogP) is 2.83. The van der Waals surface area contributed by atoms with E-state index in [2.05, 4.69) is 26.0 Å². The second kappa shape index (κ2) is 5.97. The van der Waals surface area contributed by atoms with E-state index in [4.69, 9.17) is 4.74 Å². The minimum atomic E-state index is -0.346. The fraction of sp³-hybridized carbons (Fsp3) is 0.308. The summed E-state index contributed by atoms with van der Waals surface area (Å²) >= 11 is 3.43. The van der Waals surface area contributed by atoms with Crippen molar-refractivity contribution in [1.29, 1.82) is 0 Å². The number of halogens is 1. The Kier molecular flexibility index (Phi) is 4.31. The number of carbonyl (C=O) groups excluding carboxylic acids is 1. The number of nitrogens with zero attached hydrogens (tertiary/aromatic N) is 3. The average molecular weight is 324 g/mol. The highest BCUT2D eigenvalue weighted by molar-refractivity contribution is 9.10. The summed E-state index contributed by atoms with van der Waals surface area (Å²) in [6, 6.07) is 5.45.